The van der Waals surface area contributed by atoms with Crippen molar-refractivity contribution in [2.45, 2.75) is 6.42 Å². The van der Waals surface area contributed by atoms with Gasteiger partial charge in [-0.25, -0.2) is 4.79 Å². The maximum atomic E-state index is 11.9. The Hall–Kier alpha value is -1.80. The number of carbonyl (C=O) groups excluding carboxylic acids is 1. The number of fused-ring (bicyclic) bond motifs is 1. The molecule has 0 aliphatic carbocycles. The Morgan fingerprint density at radius 1 is 1.10 bits per heavy atom. The number of urea groups is 1. The summed E-state index contributed by atoms with van der Waals surface area (Å²) in [6, 6.07) is 13.5. The molecule has 0 aliphatic rings. The van der Waals surface area contributed by atoms with Crippen LogP contribution in [-0.4, -0.2) is 32.1 Å². The van der Waals surface area contributed by atoms with E-state index in [2.05, 4.69) is 10.6 Å². The third kappa shape index (κ3) is 4.91. The van der Waals surface area contributed by atoms with Crippen LogP contribution in [0.1, 0.15) is 6.42 Å². The highest BCUT2D eigenvalue weighted by Gasteiger charge is 2.08. The summed E-state index contributed by atoms with van der Waals surface area (Å²) < 4.78 is 11.6. The van der Waals surface area contributed by atoms with Gasteiger partial charge in [0.1, 0.15) is 0 Å². The molecule has 0 radical (unpaired) electrons. The van der Waals surface area contributed by atoms with Crippen molar-refractivity contribution >= 4 is 29.6 Å². The Morgan fingerprint density at radius 3 is 2.57 bits per heavy atom. The lowest BCUT2D eigenvalue weighted by Crippen LogP contribution is -2.29. The van der Waals surface area contributed by atoms with Crippen LogP contribution in [0, 0.1) is 0 Å². The molecule has 2 amide bonds. The van der Waals surface area contributed by atoms with Gasteiger partial charge >= 0.3 is 6.03 Å². The van der Waals surface area contributed by atoms with Gasteiger partial charge in [0, 0.05) is 18.1 Å². The van der Waals surface area contributed by atoms with Crippen molar-refractivity contribution in [1.82, 2.24) is 5.32 Å². The highest BCUT2D eigenvalue weighted by molar-refractivity contribution is 7.62. The van der Waals surface area contributed by atoms with Crippen molar-refractivity contribution in [3.63, 3.8) is 0 Å². The molecule has 2 rings (SSSR count). The summed E-state index contributed by atoms with van der Waals surface area (Å²) in [6.45, 7) is 4.06. The zero-order valence-electron chi connectivity index (χ0n) is 12.4. The number of carbonyl (C=O) groups is 1. The number of hydrogen-bond donors (Lipinski definition) is 2. The van der Waals surface area contributed by atoms with Crippen molar-refractivity contribution in [3.05, 3.63) is 42.5 Å². The molecule has 0 bridgehead atoms. The van der Waals surface area contributed by atoms with Crippen LogP contribution in [-0.2, 0) is 4.57 Å². The van der Waals surface area contributed by atoms with Crippen molar-refractivity contribution in [1.29, 1.82) is 0 Å². The van der Waals surface area contributed by atoms with Gasteiger partial charge in [0.25, 0.3) is 0 Å². The first-order chi connectivity index (χ1) is 9.96. The van der Waals surface area contributed by atoms with Gasteiger partial charge in [0.05, 0.1) is 12.8 Å². The Morgan fingerprint density at radius 2 is 1.81 bits per heavy atom. The van der Waals surface area contributed by atoms with Gasteiger partial charge in [0.15, 0.2) is 0 Å². The van der Waals surface area contributed by atoms with E-state index < -0.39 is 7.14 Å². The highest BCUT2D eigenvalue weighted by Crippen LogP contribution is 2.35. The van der Waals surface area contributed by atoms with Crippen molar-refractivity contribution in [2.75, 3.05) is 31.4 Å². The lowest BCUT2D eigenvalue weighted by atomic mass is 10.1. The van der Waals surface area contributed by atoms with Gasteiger partial charge in [-0.3, -0.25) is 0 Å². The van der Waals surface area contributed by atoms with Crippen LogP contribution in [0.2, 0.25) is 0 Å². The zero-order valence-corrected chi connectivity index (χ0v) is 13.3. The first-order valence-corrected chi connectivity index (χ1v) is 9.81. The maximum absolute atomic E-state index is 11.9. The van der Waals surface area contributed by atoms with Crippen LogP contribution in [0.25, 0.3) is 10.8 Å². The van der Waals surface area contributed by atoms with E-state index >= 15 is 0 Å². The van der Waals surface area contributed by atoms with Gasteiger partial charge in [-0.1, -0.05) is 36.4 Å². The predicted octanol–water partition coefficient (Wildman–Crippen LogP) is 3.97. The fourth-order valence-electron chi connectivity index (χ4n) is 2.16. The lowest BCUT2D eigenvalue weighted by Gasteiger charge is -2.11. The van der Waals surface area contributed by atoms with Gasteiger partial charge in [-0.15, -0.1) is 0 Å². The maximum Gasteiger partial charge on any atom is 0.319 e. The van der Waals surface area contributed by atoms with E-state index in [1.807, 2.05) is 42.5 Å². The van der Waals surface area contributed by atoms with Crippen molar-refractivity contribution in [3.8, 4) is 0 Å². The third-order valence-electron chi connectivity index (χ3n) is 3.20. The van der Waals surface area contributed by atoms with Gasteiger partial charge < -0.3 is 15.2 Å². The molecule has 2 N–H and O–H groups in total. The van der Waals surface area contributed by atoms with Crippen LogP contribution in [0.4, 0.5) is 10.5 Å². The summed E-state index contributed by atoms with van der Waals surface area (Å²) in [7, 11) is -2.00. The Labute approximate surface area is 125 Å². The molecule has 5 heteroatoms. The van der Waals surface area contributed by atoms with Crippen LogP contribution in [0.5, 0.6) is 0 Å². The van der Waals surface area contributed by atoms with Gasteiger partial charge in [0.2, 0.25) is 0 Å². The number of anilines is 1. The second-order valence-corrected chi connectivity index (χ2v) is 9.15. The van der Waals surface area contributed by atoms with E-state index in [1.165, 1.54) is 0 Å². The molecule has 2 aromatic rings. The minimum Gasteiger partial charge on any atom is -0.338 e. The van der Waals surface area contributed by atoms with E-state index in [0.717, 1.165) is 22.9 Å². The average molecular weight is 304 g/mol. The molecule has 0 fully saturated rings. The number of hydrogen-bond acceptors (Lipinski definition) is 2. The van der Waals surface area contributed by atoms with E-state index in [9.17, 15) is 9.36 Å². The summed E-state index contributed by atoms with van der Waals surface area (Å²) in [6.07, 6.45) is 1.38. The first kappa shape index (κ1) is 15.6. The molecule has 0 atom stereocenters. The molecule has 0 aliphatic heterocycles. The molecule has 0 unspecified atom stereocenters. The topological polar surface area (TPSA) is 58.2 Å². The van der Waals surface area contributed by atoms with Crippen LogP contribution >= 0.6 is 7.14 Å². The molecule has 0 aromatic heterocycles. The fraction of sp³-hybridized carbons (Fsp3) is 0.312. The molecule has 2 aromatic carbocycles. The van der Waals surface area contributed by atoms with Gasteiger partial charge in [-0.2, -0.15) is 0 Å². The average Bonchev–Trinajstić information content (AvgIpc) is 2.43. The Balaban J connectivity index is 1.91. The summed E-state index contributed by atoms with van der Waals surface area (Å²) in [4.78, 5) is 11.9. The molecule has 4 nitrogen and oxygen atoms in total. The molecule has 0 saturated heterocycles. The number of benzene rings is 2. The molecule has 21 heavy (non-hydrogen) atoms. The van der Waals surface area contributed by atoms with E-state index in [-0.39, 0.29) is 6.03 Å². The van der Waals surface area contributed by atoms with E-state index in [4.69, 9.17) is 0 Å². The van der Waals surface area contributed by atoms with Crippen molar-refractivity contribution < 1.29 is 9.36 Å². The first-order valence-electron chi connectivity index (χ1n) is 7.02. The quantitative estimate of drug-likeness (QED) is 0.648. The largest absolute Gasteiger partial charge is 0.338 e. The number of nitrogens with one attached hydrogen (secondary N) is 2. The molecule has 112 valence electrons. The SMILES string of the molecule is CP(C)(=O)CCCNC(=O)Nc1cccc2ccccc12. The number of amides is 2. The second kappa shape index (κ2) is 6.77. The third-order valence-corrected chi connectivity index (χ3v) is 4.59. The molecule has 0 spiro atoms. The van der Waals surface area contributed by atoms with Crippen LogP contribution in [0.3, 0.4) is 0 Å². The number of rotatable bonds is 5. The summed E-state index contributed by atoms with van der Waals surface area (Å²) in [5.74, 6) is 0. The minimum atomic E-state index is -2.00. The second-order valence-electron chi connectivity index (χ2n) is 5.56. The molecular weight excluding hydrogens is 283 g/mol. The highest BCUT2D eigenvalue weighted by atomic mass is 31.2. The van der Waals surface area contributed by atoms with Crippen LogP contribution < -0.4 is 10.6 Å². The van der Waals surface area contributed by atoms with Crippen LogP contribution in [0.15, 0.2) is 42.5 Å². The predicted molar refractivity (Wildman–Crippen MR) is 89.9 cm³/mol. The normalized spacial score (nSPS) is 11.3. The Bertz CT molecular complexity index is 674. The zero-order chi connectivity index (χ0) is 15.3. The standard InChI is InChI=1S/C16H21N2O2P/c1-21(2,20)12-6-11-17-16(19)18-15-10-5-8-13-7-3-4-9-14(13)15/h3-5,7-10H,6,11-12H2,1-2H3,(H2,17,18,19). The summed E-state index contributed by atoms with van der Waals surface area (Å²) >= 11 is 0. The molecule has 0 saturated carbocycles. The minimum absolute atomic E-state index is 0.228. The summed E-state index contributed by atoms with van der Waals surface area (Å²) in [5.41, 5.74) is 0.794. The van der Waals surface area contributed by atoms with E-state index in [1.54, 1.807) is 13.3 Å². The Kier molecular flexibility index (Phi) is 5.03. The smallest absolute Gasteiger partial charge is 0.319 e. The lowest BCUT2D eigenvalue weighted by molar-refractivity contribution is 0.252. The monoisotopic (exact) mass is 304 g/mol. The van der Waals surface area contributed by atoms with E-state index in [0.29, 0.717) is 12.7 Å². The molecular formula is C16H21N2O2P. The van der Waals surface area contributed by atoms with Gasteiger partial charge in [-0.05, 0) is 31.2 Å². The molecule has 0 heterocycles. The fourth-order valence-corrected chi connectivity index (χ4v) is 3.08. The summed E-state index contributed by atoms with van der Waals surface area (Å²) in [5, 5.41) is 7.77. The van der Waals surface area contributed by atoms with Crippen molar-refractivity contribution in [2.24, 2.45) is 0 Å².